The largest absolute Gasteiger partial charge is 0.507 e. The first-order chi connectivity index (χ1) is 14.7. The highest BCUT2D eigenvalue weighted by molar-refractivity contribution is 5.94. The molecule has 0 unspecified atom stereocenters. The molecule has 162 valence electrons. The number of fused-ring (bicyclic) bond motifs is 1. The molecule has 31 heavy (non-hydrogen) atoms. The second-order valence-electron chi connectivity index (χ2n) is 7.70. The minimum atomic E-state index is -0.447. The minimum Gasteiger partial charge on any atom is -0.507 e. The molecule has 0 amide bonds. The van der Waals surface area contributed by atoms with Gasteiger partial charge in [0.1, 0.15) is 22.6 Å². The minimum absolute atomic E-state index is 0.00404. The summed E-state index contributed by atoms with van der Waals surface area (Å²) >= 11 is 0. The summed E-state index contributed by atoms with van der Waals surface area (Å²) in [5, 5.41) is 30.6. The van der Waals surface area contributed by atoms with Crippen LogP contribution in [0.3, 0.4) is 0 Å². The topological polar surface area (TPSA) is 100 Å². The number of aromatic hydroxyl groups is 3. The Bertz CT molecular complexity index is 1240. The van der Waals surface area contributed by atoms with Crippen LogP contribution in [0.5, 0.6) is 23.0 Å². The quantitative estimate of drug-likeness (QED) is 0.438. The lowest BCUT2D eigenvalue weighted by atomic mass is 10.0. The van der Waals surface area contributed by atoms with Crippen molar-refractivity contribution in [3.8, 4) is 34.3 Å². The zero-order valence-corrected chi connectivity index (χ0v) is 18.0. The summed E-state index contributed by atoms with van der Waals surface area (Å²) in [5.74, 6) is -0.127. The Balaban J connectivity index is 2.19. The third kappa shape index (κ3) is 4.74. The maximum atomic E-state index is 12.8. The van der Waals surface area contributed by atoms with E-state index in [0.29, 0.717) is 11.1 Å². The molecule has 3 rings (SSSR count). The average molecular weight is 422 g/mol. The van der Waals surface area contributed by atoms with Crippen LogP contribution >= 0.6 is 0 Å². The lowest BCUT2D eigenvalue weighted by molar-refractivity contribution is 0.373. The van der Waals surface area contributed by atoms with Gasteiger partial charge in [0.05, 0.1) is 12.7 Å². The second kappa shape index (κ2) is 9.00. The maximum absolute atomic E-state index is 12.8. The van der Waals surface area contributed by atoms with Crippen molar-refractivity contribution in [2.24, 2.45) is 0 Å². The van der Waals surface area contributed by atoms with E-state index in [4.69, 9.17) is 9.15 Å². The zero-order valence-electron chi connectivity index (χ0n) is 18.0. The zero-order chi connectivity index (χ0) is 22.7. The van der Waals surface area contributed by atoms with Gasteiger partial charge in [0, 0.05) is 17.7 Å². The molecular weight excluding hydrogens is 396 g/mol. The van der Waals surface area contributed by atoms with E-state index in [1.807, 2.05) is 20.8 Å². The fraction of sp³-hybridized carbons (Fsp3) is 0.240. The van der Waals surface area contributed by atoms with Crippen molar-refractivity contribution >= 4 is 17.0 Å². The molecule has 0 bridgehead atoms. The maximum Gasteiger partial charge on any atom is 0.197 e. The summed E-state index contributed by atoms with van der Waals surface area (Å²) in [6.45, 7) is 6.00. The highest BCUT2D eigenvalue weighted by atomic mass is 16.5. The summed E-state index contributed by atoms with van der Waals surface area (Å²) < 4.78 is 11.1. The normalized spacial score (nSPS) is 11.5. The van der Waals surface area contributed by atoms with Gasteiger partial charge in [-0.2, -0.15) is 0 Å². The summed E-state index contributed by atoms with van der Waals surface area (Å²) in [5.41, 5.74) is 2.69. The van der Waals surface area contributed by atoms with E-state index < -0.39 is 5.43 Å². The predicted molar refractivity (Wildman–Crippen MR) is 122 cm³/mol. The van der Waals surface area contributed by atoms with Crippen LogP contribution in [0.15, 0.2) is 56.8 Å². The van der Waals surface area contributed by atoms with Crippen LogP contribution in [0.1, 0.15) is 39.2 Å². The molecule has 3 N–H and O–H groups in total. The number of phenolic OH excluding ortho intramolecular Hbond substituents is 3. The molecule has 0 aliphatic rings. The number of hydrogen-bond donors (Lipinski definition) is 3. The molecule has 0 saturated carbocycles. The molecule has 3 aromatic rings. The highest BCUT2D eigenvalue weighted by Crippen LogP contribution is 2.38. The van der Waals surface area contributed by atoms with Crippen molar-refractivity contribution < 1.29 is 24.5 Å². The van der Waals surface area contributed by atoms with Crippen LogP contribution < -0.4 is 10.2 Å². The van der Waals surface area contributed by atoms with E-state index in [9.17, 15) is 20.1 Å². The van der Waals surface area contributed by atoms with E-state index in [2.05, 4.69) is 6.08 Å². The molecule has 6 heteroatoms. The molecule has 6 nitrogen and oxygen atoms in total. The molecule has 0 fully saturated rings. The molecule has 1 heterocycles. The summed E-state index contributed by atoms with van der Waals surface area (Å²) in [6.07, 6.45) is 5.51. The standard InChI is InChI=1S/C25H26O6/c1-14(2)6-5-7-15(3)10-17-19(27)12-20(28)24-21(29)13-22(31-25(17)24)16-8-9-18(26)23(11-16)30-4/h6,8-13,26-28H,5,7H2,1-4H3. The molecule has 0 atom stereocenters. The Morgan fingerprint density at radius 3 is 2.45 bits per heavy atom. The average Bonchev–Trinajstić information content (AvgIpc) is 2.70. The fourth-order valence-corrected chi connectivity index (χ4v) is 3.34. The van der Waals surface area contributed by atoms with Gasteiger partial charge in [0.2, 0.25) is 0 Å². The van der Waals surface area contributed by atoms with Gasteiger partial charge < -0.3 is 24.5 Å². The first kappa shape index (κ1) is 22.0. The monoisotopic (exact) mass is 422 g/mol. The van der Waals surface area contributed by atoms with Gasteiger partial charge in [0.15, 0.2) is 22.5 Å². The Hall–Kier alpha value is -3.67. The van der Waals surface area contributed by atoms with Crippen LogP contribution in [-0.2, 0) is 0 Å². The molecule has 0 saturated heterocycles. The van der Waals surface area contributed by atoms with Crippen LogP contribution in [-0.4, -0.2) is 22.4 Å². The number of methoxy groups -OCH3 is 1. The first-order valence-corrected chi connectivity index (χ1v) is 9.92. The third-order valence-corrected chi connectivity index (χ3v) is 4.94. The number of ether oxygens (including phenoxy) is 1. The van der Waals surface area contributed by atoms with Crippen LogP contribution in [0, 0.1) is 0 Å². The van der Waals surface area contributed by atoms with Crippen LogP contribution in [0.2, 0.25) is 0 Å². The Kier molecular flexibility index (Phi) is 6.39. The molecule has 0 radical (unpaired) electrons. The molecule has 1 aromatic heterocycles. The van der Waals surface area contributed by atoms with Crippen LogP contribution in [0.25, 0.3) is 28.4 Å². The fourth-order valence-electron chi connectivity index (χ4n) is 3.34. The molecule has 0 aliphatic carbocycles. The van der Waals surface area contributed by atoms with Gasteiger partial charge in [-0.1, -0.05) is 17.2 Å². The van der Waals surface area contributed by atoms with Gasteiger partial charge in [-0.3, -0.25) is 4.79 Å². The smallest absolute Gasteiger partial charge is 0.197 e. The molecule has 2 aromatic carbocycles. The summed E-state index contributed by atoms with van der Waals surface area (Å²) in [4.78, 5) is 12.8. The molecule has 0 aliphatic heterocycles. The van der Waals surface area contributed by atoms with E-state index in [-0.39, 0.29) is 39.7 Å². The number of allylic oxidation sites excluding steroid dienone is 3. The van der Waals surface area contributed by atoms with E-state index in [0.717, 1.165) is 24.5 Å². The van der Waals surface area contributed by atoms with E-state index in [1.165, 1.54) is 24.8 Å². The molecule has 0 spiro atoms. The van der Waals surface area contributed by atoms with Crippen molar-refractivity contribution in [3.63, 3.8) is 0 Å². The summed E-state index contributed by atoms with van der Waals surface area (Å²) in [6, 6.07) is 6.98. The van der Waals surface area contributed by atoms with Crippen molar-refractivity contribution in [1.29, 1.82) is 0 Å². The summed E-state index contributed by atoms with van der Waals surface area (Å²) in [7, 11) is 1.42. The Morgan fingerprint density at radius 1 is 1.03 bits per heavy atom. The van der Waals surface area contributed by atoms with Crippen molar-refractivity contribution in [2.75, 3.05) is 7.11 Å². The van der Waals surface area contributed by atoms with Gasteiger partial charge >= 0.3 is 0 Å². The Morgan fingerprint density at radius 2 is 1.77 bits per heavy atom. The second-order valence-corrected chi connectivity index (χ2v) is 7.70. The Labute approximate surface area is 180 Å². The first-order valence-electron chi connectivity index (χ1n) is 9.92. The van der Waals surface area contributed by atoms with Crippen molar-refractivity contribution in [1.82, 2.24) is 0 Å². The highest BCUT2D eigenvalue weighted by Gasteiger charge is 2.18. The lowest BCUT2D eigenvalue weighted by Gasteiger charge is -2.11. The van der Waals surface area contributed by atoms with E-state index in [1.54, 1.807) is 18.2 Å². The number of hydrogen-bond acceptors (Lipinski definition) is 6. The van der Waals surface area contributed by atoms with Crippen LogP contribution in [0.4, 0.5) is 0 Å². The van der Waals surface area contributed by atoms with Crippen molar-refractivity contribution in [3.05, 3.63) is 63.3 Å². The van der Waals surface area contributed by atoms with E-state index >= 15 is 0 Å². The molecular formula is C25H26O6. The third-order valence-electron chi connectivity index (χ3n) is 4.94. The van der Waals surface area contributed by atoms with Gasteiger partial charge in [-0.25, -0.2) is 0 Å². The lowest BCUT2D eigenvalue weighted by Crippen LogP contribution is -2.02. The number of benzene rings is 2. The van der Waals surface area contributed by atoms with Gasteiger partial charge in [-0.15, -0.1) is 0 Å². The SMILES string of the molecule is COc1cc(-c2cc(=O)c3c(O)cc(O)c(C=C(C)CCC=C(C)C)c3o2)ccc1O. The predicted octanol–water partition coefficient (Wildman–Crippen LogP) is 5.74. The number of phenols is 3. The van der Waals surface area contributed by atoms with Gasteiger partial charge in [-0.05, 0) is 57.9 Å². The van der Waals surface area contributed by atoms with Crippen molar-refractivity contribution in [2.45, 2.75) is 33.6 Å². The van der Waals surface area contributed by atoms with Gasteiger partial charge in [0.25, 0.3) is 0 Å². The number of rotatable bonds is 6.